The molecule has 9 heteroatoms. The molecule has 6 nitrogen and oxygen atoms in total. The predicted octanol–water partition coefficient (Wildman–Crippen LogP) is 4.91. The summed E-state index contributed by atoms with van der Waals surface area (Å²) >= 11 is 12.2. The Balaban J connectivity index is 0.00000261. The molecular formula is C18H21Cl3N4O2. The van der Waals surface area contributed by atoms with Gasteiger partial charge in [0, 0.05) is 54.0 Å². The largest absolute Gasteiger partial charge is 0.378 e. The zero-order valence-electron chi connectivity index (χ0n) is 14.7. The standard InChI is InChI=1S/C18H20Cl2N4O2.ClH/c1-12(13-8-14(19)10-15(20)9-13)22-16-2-3-17(24(25)26)18(11-16)23-6-4-21-5-7-23;/h2-3,8-12,21-22H,4-7H2,1H3;1H. The van der Waals surface area contributed by atoms with Crippen molar-refractivity contribution >= 4 is 52.7 Å². The fourth-order valence-corrected chi connectivity index (χ4v) is 3.63. The van der Waals surface area contributed by atoms with Crippen molar-refractivity contribution in [3.63, 3.8) is 0 Å². The van der Waals surface area contributed by atoms with Crippen LogP contribution in [-0.2, 0) is 0 Å². The van der Waals surface area contributed by atoms with Gasteiger partial charge < -0.3 is 15.5 Å². The molecule has 1 unspecified atom stereocenters. The smallest absolute Gasteiger partial charge is 0.292 e. The Kier molecular flexibility index (Phi) is 7.56. The molecule has 1 atom stereocenters. The van der Waals surface area contributed by atoms with Crippen molar-refractivity contribution in [3.8, 4) is 0 Å². The highest BCUT2D eigenvalue weighted by Gasteiger charge is 2.22. The van der Waals surface area contributed by atoms with Crippen molar-refractivity contribution in [1.29, 1.82) is 0 Å². The van der Waals surface area contributed by atoms with Gasteiger partial charge in [-0.3, -0.25) is 10.1 Å². The van der Waals surface area contributed by atoms with Crippen molar-refractivity contribution in [3.05, 3.63) is 62.1 Å². The Bertz CT molecular complexity index is 793. The second-order valence-corrected chi connectivity index (χ2v) is 7.14. The van der Waals surface area contributed by atoms with E-state index < -0.39 is 0 Å². The molecule has 2 N–H and O–H groups in total. The van der Waals surface area contributed by atoms with Gasteiger partial charge in [-0.05, 0) is 42.8 Å². The first-order chi connectivity index (χ1) is 12.4. The third kappa shape index (κ3) is 5.39. The maximum atomic E-state index is 11.4. The normalized spacial score (nSPS) is 15.0. The maximum Gasteiger partial charge on any atom is 0.292 e. The van der Waals surface area contributed by atoms with Gasteiger partial charge in [0.15, 0.2) is 0 Å². The summed E-state index contributed by atoms with van der Waals surface area (Å²) in [7, 11) is 0. The number of rotatable bonds is 5. The molecule has 0 spiro atoms. The summed E-state index contributed by atoms with van der Waals surface area (Å²) in [6.45, 7) is 5.10. The third-order valence-corrected chi connectivity index (χ3v) is 4.83. The van der Waals surface area contributed by atoms with Crippen LogP contribution in [0.2, 0.25) is 10.0 Å². The van der Waals surface area contributed by atoms with Crippen molar-refractivity contribution < 1.29 is 4.92 Å². The summed E-state index contributed by atoms with van der Waals surface area (Å²) in [5.41, 5.74) is 2.52. The summed E-state index contributed by atoms with van der Waals surface area (Å²) in [6.07, 6.45) is 0. The number of anilines is 2. The van der Waals surface area contributed by atoms with E-state index in [-0.39, 0.29) is 29.1 Å². The summed E-state index contributed by atoms with van der Waals surface area (Å²) in [5, 5.41) is 19.2. The molecule has 3 rings (SSSR count). The van der Waals surface area contributed by atoms with Crippen molar-refractivity contribution in [2.24, 2.45) is 0 Å². The molecule has 1 fully saturated rings. The summed E-state index contributed by atoms with van der Waals surface area (Å²) in [6, 6.07) is 10.5. The fourth-order valence-electron chi connectivity index (χ4n) is 3.09. The van der Waals surface area contributed by atoms with Crippen LogP contribution in [0.25, 0.3) is 0 Å². The van der Waals surface area contributed by atoms with E-state index in [1.807, 2.05) is 30.0 Å². The van der Waals surface area contributed by atoms with Crippen molar-refractivity contribution in [1.82, 2.24) is 5.32 Å². The van der Waals surface area contributed by atoms with Crippen molar-refractivity contribution in [2.45, 2.75) is 13.0 Å². The van der Waals surface area contributed by atoms with Gasteiger partial charge >= 0.3 is 0 Å². The average molecular weight is 432 g/mol. The molecule has 0 radical (unpaired) electrons. The first-order valence-corrected chi connectivity index (χ1v) is 9.16. The topological polar surface area (TPSA) is 70.4 Å². The predicted molar refractivity (Wildman–Crippen MR) is 114 cm³/mol. The number of nitro benzene ring substituents is 1. The van der Waals surface area contributed by atoms with Gasteiger partial charge in [0.1, 0.15) is 5.69 Å². The van der Waals surface area contributed by atoms with Crippen LogP contribution in [0.3, 0.4) is 0 Å². The number of hydrogen-bond acceptors (Lipinski definition) is 5. The van der Waals surface area contributed by atoms with E-state index in [0.717, 1.165) is 37.4 Å². The van der Waals surface area contributed by atoms with E-state index in [0.29, 0.717) is 15.7 Å². The van der Waals surface area contributed by atoms with Crippen LogP contribution in [0, 0.1) is 10.1 Å². The summed E-state index contributed by atoms with van der Waals surface area (Å²) in [5.74, 6) is 0. The van der Waals surface area contributed by atoms with Crippen LogP contribution in [0.15, 0.2) is 36.4 Å². The third-order valence-electron chi connectivity index (χ3n) is 4.40. The first-order valence-electron chi connectivity index (χ1n) is 8.40. The molecule has 27 heavy (non-hydrogen) atoms. The second kappa shape index (κ2) is 9.46. The van der Waals surface area contributed by atoms with Crippen LogP contribution in [0.4, 0.5) is 17.1 Å². The SMILES string of the molecule is CC(Nc1ccc([N+](=O)[O-])c(N2CCNCC2)c1)c1cc(Cl)cc(Cl)c1.Cl. The molecule has 0 amide bonds. The van der Waals surface area contributed by atoms with Gasteiger partial charge in [-0.25, -0.2) is 0 Å². The molecule has 146 valence electrons. The van der Waals surface area contributed by atoms with E-state index in [4.69, 9.17) is 23.2 Å². The average Bonchev–Trinajstić information content (AvgIpc) is 2.61. The number of benzene rings is 2. The van der Waals surface area contributed by atoms with Crippen molar-refractivity contribution in [2.75, 3.05) is 36.4 Å². The molecule has 1 saturated heterocycles. The van der Waals surface area contributed by atoms with E-state index in [9.17, 15) is 10.1 Å². The highest BCUT2D eigenvalue weighted by molar-refractivity contribution is 6.34. The Morgan fingerprint density at radius 1 is 1.15 bits per heavy atom. The van der Waals surface area contributed by atoms with Crippen LogP contribution >= 0.6 is 35.6 Å². The Morgan fingerprint density at radius 2 is 1.78 bits per heavy atom. The summed E-state index contributed by atoms with van der Waals surface area (Å²) in [4.78, 5) is 13.1. The molecule has 0 aromatic heterocycles. The van der Waals surface area contributed by atoms with Gasteiger partial charge in [0.25, 0.3) is 5.69 Å². The summed E-state index contributed by atoms with van der Waals surface area (Å²) < 4.78 is 0. The Morgan fingerprint density at radius 3 is 2.37 bits per heavy atom. The maximum absolute atomic E-state index is 11.4. The Hall–Kier alpha value is -1.73. The lowest BCUT2D eigenvalue weighted by Crippen LogP contribution is -2.43. The van der Waals surface area contributed by atoms with Crippen LogP contribution in [0.5, 0.6) is 0 Å². The van der Waals surface area contributed by atoms with Gasteiger partial charge in [-0.1, -0.05) is 23.2 Å². The lowest BCUT2D eigenvalue weighted by Gasteiger charge is -2.29. The van der Waals surface area contributed by atoms with Gasteiger partial charge in [0.05, 0.1) is 4.92 Å². The number of piperazine rings is 1. The van der Waals surface area contributed by atoms with E-state index in [1.165, 1.54) is 0 Å². The van der Waals surface area contributed by atoms with Gasteiger partial charge in [0.2, 0.25) is 0 Å². The molecule has 1 aliphatic heterocycles. The van der Waals surface area contributed by atoms with E-state index in [2.05, 4.69) is 10.6 Å². The Labute approximate surface area is 174 Å². The molecular weight excluding hydrogens is 411 g/mol. The molecule has 1 heterocycles. The lowest BCUT2D eigenvalue weighted by molar-refractivity contribution is -0.384. The van der Waals surface area contributed by atoms with Crippen LogP contribution in [0.1, 0.15) is 18.5 Å². The zero-order chi connectivity index (χ0) is 18.7. The van der Waals surface area contributed by atoms with Crippen LogP contribution < -0.4 is 15.5 Å². The highest BCUT2D eigenvalue weighted by atomic mass is 35.5. The fraction of sp³-hybridized carbons (Fsp3) is 0.333. The molecule has 0 bridgehead atoms. The first kappa shape index (κ1) is 21.6. The van der Waals surface area contributed by atoms with Gasteiger partial charge in [-0.15, -0.1) is 12.4 Å². The minimum Gasteiger partial charge on any atom is -0.378 e. The molecule has 0 aliphatic carbocycles. The highest BCUT2D eigenvalue weighted by Crippen LogP contribution is 2.33. The number of hydrogen-bond donors (Lipinski definition) is 2. The minimum absolute atomic E-state index is 0. The number of halogens is 3. The monoisotopic (exact) mass is 430 g/mol. The number of nitrogens with zero attached hydrogens (tertiary/aromatic N) is 2. The minimum atomic E-state index is -0.332. The van der Waals surface area contributed by atoms with E-state index in [1.54, 1.807) is 18.2 Å². The number of nitrogens with one attached hydrogen (secondary N) is 2. The lowest BCUT2D eigenvalue weighted by atomic mass is 10.1. The van der Waals surface area contributed by atoms with Crippen LogP contribution in [-0.4, -0.2) is 31.1 Å². The molecule has 2 aromatic carbocycles. The van der Waals surface area contributed by atoms with Gasteiger partial charge in [-0.2, -0.15) is 0 Å². The molecule has 1 aliphatic rings. The van der Waals surface area contributed by atoms with E-state index >= 15 is 0 Å². The quantitative estimate of drug-likeness (QED) is 0.520. The molecule has 2 aromatic rings. The zero-order valence-corrected chi connectivity index (χ0v) is 17.1. The number of nitro groups is 1. The second-order valence-electron chi connectivity index (χ2n) is 6.27. The molecule has 0 saturated carbocycles.